The summed E-state index contributed by atoms with van der Waals surface area (Å²) in [6, 6.07) is 16.8. The van der Waals surface area contributed by atoms with Crippen LogP contribution in [0.2, 0.25) is 0 Å². The molecule has 1 aliphatic heterocycles. The summed E-state index contributed by atoms with van der Waals surface area (Å²) in [5, 5.41) is 19.3. The van der Waals surface area contributed by atoms with E-state index in [1.807, 2.05) is 41.7 Å². The number of aliphatic carboxylic acids is 2. The minimum absolute atomic E-state index is 0.341. The highest BCUT2D eigenvalue weighted by Gasteiger charge is 2.17. The number of rotatable bonds is 9. The van der Waals surface area contributed by atoms with Gasteiger partial charge < -0.3 is 25.0 Å². The van der Waals surface area contributed by atoms with Crippen molar-refractivity contribution in [2.75, 3.05) is 31.8 Å². The van der Waals surface area contributed by atoms with E-state index in [0.717, 1.165) is 29.5 Å². The minimum atomic E-state index is -1.26. The van der Waals surface area contributed by atoms with Crippen LogP contribution in [-0.4, -0.2) is 60.0 Å². The third-order valence-corrected chi connectivity index (χ3v) is 7.24. The van der Waals surface area contributed by atoms with Crippen molar-refractivity contribution in [1.29, 1.82) is 0 Å². The average molecular weight is 518 g/mol. The number of benzene rings is 2. The Kier molecular flexibility index (Phi) is 12.3. The quantitative estimate of drug-likeness (QED) is 0.241. The molecule has 2 aromatic rings. The first-order chi connectivity index (χ1) is 16.8. The van der Waals surface area contributed by atoms with Crippen molar-refractivity contribution in [3.05, 3.63) is 71.8 Å². The summed E-state index contributed by atoms with van der Waals surface area (Å²) in [4.78, 5) is 21.5. The molecule has 0 saturated carbocycles. The lowest BCUT2D eigenvalue weighted by atomic mass is 10.1. The van der Waals surface area contributed by atoms with Gasteiger partial charge in [-0.3, -0.25) is 0 Å². The summed E-state index contributed by atoms with van der Waals surface area (Å²) in [5.41, 5.74) is 2.80. The number of carbonyl (C=O) groups is 2. The summed E-state index contributed by atoms with van der Waals surface area (Å²) >= 11 is 3.70. The SMILES string of the molecule is COc1ccccc1SCC(CN[C@@H]1COc2ccccc2SC1)=C(C)C.O=C(O)/C=C\C(=O)O. The fraction of sp³-hybridized carbons (Fsp3) is 0.308. The third kappa shape index (κ3) is 10.5. The molecule has 1 atom stereocenters. The standard InChI is InChI=1S/C22H27NO2S2.C4H4O4/c1-16(2)17(14-26-21-10-6-4-8-19(21)24-3)12-23-18-13-25-20-9-5-7-11-22(20)27-15-18;5-3(6)1-2-4(7)8/h4-11,18,23H,12-15H2,1-3H3;1-2H,(H,5,6)(H,7,8)/b;2-1-/t18-;/m1./s1. The van der Waals surface area contributed by atoms with Gasteiger partial charge in [0.15, 0.2) is 0 Å². The molecule has 0 fully saturated rings. The molecule has 0 amide bonds. The van der Waals surface area contributed by atoms with E-state index in [1.165, 1.54) is 20.9 Å². The van der Waals surface area contributed by atoms with E-state index in [2.05, 4.69) is 49.5 Å². The van der Waals surface area contributed by atoms with Crippen LogP contribution in [0, 0.1) is 0 Å². The average Bonchev–Trinajstić information content (AvgIpc) is 3.05. The lowest BCUT2D eigenvalue weighted by Crippen LogP contribution is -2.37. The van der Waals surface area contributed by atoms with Gasteiger partial charge in [-0.15, -0.1) is 23.5 Å². The molecule has 1 heterocycles. The fourth-order valence-corrected chi connectivity index (χ4v) is 5.15. The summed E-state index contributed by atoms with van der Waals surface area (Å²) in [7, 11) is 1.73. The van der Waals surface area contributed by atoms with Crippen molar-refractivity contribution in [1.82, 2.24) is 5.32 Å². The second kappa shape index (κ2) is 15.2. The van der Waals surface area contributed by atoms with Crippen LogP contribution in [0.15, 0.2) is 81.6 Å². The Morgan fingerprint density at radius 3 is 2.43 bits per heavy atom. The van der Waals surface area contributed by atoms with Crippen LogP contribution in [0.4, 0.5) is 0 Å². The zero-order valence-electron chi connectivity index (χ0n) is 20.0. The molecule has 1 aliphatic rings. The normalized spacial score (nSPS) is 14.5. The van der Waals surface area contributed by atoms with E-state index < -0.39 is 11.9 Å². The Balaban J connectivity index is 0.000000466. The largest absolute Gasteiger partial charge is 0.496 e. The molecular formula is C26H31NO6S2. The van der Waals surface area contributed by atoms with Gasteiger partial charge in [-0.1, -0.05) is 29.8 Å². The highest BCUT2D eigenvalue weighted by molar-refractivity contribution is 7.99. The van der Waals surface area contributed by atoms with Crippen molar-refractivity contribution >= 4 is 35.5 Å². The molecule has 0 aromatic heterocycles. The van der Waals surface area contributed by atoms with E-state index >= 15 is 0 Å². The zero-order chi connectivity index (χ0) is 25.6. The predicted octanol–water partition coefficient (Wildman–Crippen LogP) is 4.98. The van der Waals surface area contributed by atoms with E-state index in [9.17, 15) is 9.59 Å². The number of fused-ring (bicyclic) bond motifs is 1. The van der Waals surface area contributed by atoms with Crippen molar-refractivity contribution in [3.8, 4) is 11.5 Å². The van der Waals surface area contributed by atoms with Crippen molar-refractivity contribution in [2.45, 2.75) is 29.7 Å². The van der Waals surface area contributed by atoms with Gasteiger partial charge in [-0.2, -0.15) is 0 Å². The Hall–Kier alpha value is -2.88. The number of carboxylic acid groups (broad SMARTS) is 2. The van der Waals surface area contributed by atoms with Gasteiger partial charge in [0.05, 0.1) is 13.2 Å². The van der Waals surface area contributed by atoms with Crippen LogP contribution in [0.25, 0.3) is 0 Å². The van der Waals surface area contributed by atoms with Crippen molar-refractivity contribution < 1.29 is 29.3 Å². The molecule has 0 saturated heterocycles. The highest BCUT2D eigenvalue weighted by atomic mass is 32.2. The molecule has 0 spiro atoms. The maximum absolute atomic E-state index is 9.55. The molecule has 0 unspecified atom stereocenters. The van der Waals surface area contributed by atoms with Crippen LogP contribution >= 0.6 is 23.5 Å². The first kappa shape index (κ1) is 28.4. The second-order valence-electron chi connectivity index (χ2n) is 7.70. The van der Waals surface area contributed by atoms with Gasteiger partial charge >= 0.3 is 11.9 Å². The molecule has 0 aliphatic carbocycles. The summed E-state index contributed by atoms with van der Waals surface area (Å²) in [6.45, 7) is 5.97. The van der Waals surface area contributed by atoms with Crippen LogP contribution in [0.1, 0.15) is 13.8 Å². The van der Waals surface area contributed by atoms with E-state index in [4.69, 9.17) is 19.7 Å². The molecule has 35 heavy (non-hydrogen) atoms. The summed E-state index contributed by atoms with van der Waals surface area (Å²) in [6.07, 6.45) is 1.12. The molecule has 9 heteroatoms. The number of hydrogen-bond acceptors (Lipinski definition) is 7. The number of methoxy groups -OCH3 is 1. The Labute approximate surface area is 214 Å². The number of nitrogens with one attached hydrogen (secondary N) is 1. The van der Waals surface area contributed by atoms with Gasteiger partial charge in [-0.05, 0) is 43.7 Å². The molecule has 7 nitrogen and oxygen atoms in total. The molecule has 0 radical (unpaired) electrons. The lowest BCUT2D eigenvalue weighted by Gasteiger charge is -2.18. The van der Waals surface area contributed by atoms with E-state index in [0.29, 0.717) is 24.8 Å². The minimum Gasteiger partial charge on any atom is -0.496 e. The number of allylic oxidation sites excluding steroid dienone is 1. The molecule has 3 N–H and O–H groups in total. The number of para-hydroxylation sites is 2. The highest BCUT2D eigenvalue weighted by Crippen LogP contribution is 2.32. The van der Waals surface area contributed by atoms with E-state index in [1.54, 1.807) is 7.11 Å². The van der Waals surface area contributed by atoms with Crippen molar-refractivity contribution in [3.63, 3.8) is 0 Å². The predicted molar refractivity (Wildman–Crippen MR) is 141 cm³/mol. The first-order valence-corrected chi connectivity index (χ1v) is 12.9. The van der Waals surface area contributed by atoms with Gasteiger partial charge in [0.2, 0.25) is 0 Å². The summed E-state index contributed by atoms with van der Waals surface area (Å²) in [5.74, 6) is 1.40. The molecule has 3 rings (SSSR count). The Morgan fingerprint density at radius 2 is 1.77 bits per heavy atom. The summed E-state index contributed by atoms with van der Waals surface area (Å²) < 4.78 is 11.5. The van der Waals surface area contributed by atoms with Crippen molar-refractivity contribution in [2.24, 2.45) is 0 Å². The Bertz CT molecular complexity index is 1010. The smallest absolute Gasteiger partial charge is 0.328 e. The van der Waals surface area contributed by atoms with Crippen LogP contribution in [-0.2, 0) is 9.59 Å². The molecule has 2 aromatic carbocycles. The molecular weight excluding hydrogens is 486 g/mol. The number of ether oxygens (including phenoxy) is 2. The van der Waals surface area contributed by atoms with E-state index in [-0.39, 0.29) is 0 Å². The Morgan fingerprint density at radius 1 is 1.11 bits per heavy atom. The van der Waals surface area contributed by atoms with Crippen LogP contribution < -0.4 is 14.8 Å². The van der Waals surface area contributed by atoms with Gasteiger partial charge in [-0.25, -0.2) is 9.59 Å². The lowest BCUT2D eigenvalue weighted by molar-refractivity contribution is -0.134. The number of thioether (sulfide) groups is 2. The monoisotopic (exact) mass is 517 g/mol. The topological polar surface area (TPSA) is 105 Å². The van der Waals surface area contributed by atoms with Gasteiger partial charge in [0.1, 0.15) is 18.1 Å². The molecule has 0 bridgehead atoms. The van der Waals surface area contributed by atoms with Gasteiger partial charge in [0, 0.05) is 40.0 Å². The second-order valence-corrected chi connectivity index (χ2v) is 9.78. The number of carboxylic acids is 2. The number of hydrogen-bond donors (Lipinski definition) is 3. The fourth-order valence-electron chi connectivity index (χ4n) is 2.92. The molecule has 188 valence electrons. The first-order valence-electron chi connectivity index (χ1n) is 10.9. The van der Waals surface area contributed by atoms with Crippen LogP contribution in [0.5, 0.6) is 11.5 Å². The zero-order valence-corrected chi connectivity index (χ0v) is 21.7. The van der Waals surface area contributed by atoms with Gasteiger partial charge in [0.25, 0.3) is 0 Å². The third-order valence-electron chi connectivity index (χ3n) is 4.88. The maximum Gasteiger partial charge on any atom is 0.328 e. The maximum atomic E-state index is 9.55. The van der Waals surface area contributed by atoms with Crippen LogP contribution in [0.3, 0.4) is 0 Å².